The van der Waals surface area contributed by atoms with Crippen molar-refractivity contribution >= 4 is 22.8 Å². The molecule has 24 heavy (non-hydrogen) atoms. The van der Waals surface area contributed by atoms with E-state index in [4.69, 9.17) is 5.73 Å². The van der Waals surface area contributed by atoms with Crippen molar-refractivity contribution in [1.82, 2.24) is 0 Å². The lowest BCUT2D eigenvalue weighted by atomic mass is 9.90. The van der Waals surface area contributed by atoms with Crippen molar-refractivity contribution in [1.29, 1.82) is 0 Å². The van der Waals surface area contributed by atoms with E-state index in [1.165, 1.54) is 0 Å². The SMILES string of the molecule is CC(O)(/C(N)=N/N=C/c1ccccc1)c1cccc2ccccc12. The molecule has 0 saturated carbocycles. The summed E-state index contributed by atoms with van der Waals surface area (Å²) in [4.78, 5) is 0. The Hall–Kier alpha value is -2.98. The Bertz CT molecular complexity index is 894. The van der Waals surface area contributed by atoms with E-state index in [2.05, 4.69) is 10.2 Å². The number of fused-ring (bicyclic) bond motifs is 1. The van der Waals surface area contributed by atoms with Crippen LogP contribution in [0.15, 0.2) is 83.0 Å². The number of aliphatic hydroxyl groups is 1. The zero-order valence-corrected chi connectivity index (χ0v) is 13.4. The van der Waals surface area contributed by atoms with Gasteiger partial charge in [0.25, 0.3) is 0 Å². The first kappa shape index (κ1) is 15.9. The summed E-state index contributed by atoms with van der Waals surface area (Å²) in [5.74, 6) is 0.0473. The van der Waals surface area contributed by atoms with Crippen molar-refractivity contribution in [2.45, 2.75) is 12.5 Å². The summed E-state index contributed by atoms with van der Waals surface area (Å²) in [7, 11) is 0. The smallest absolute Gasteiger partial charge is 0.158 e. The van der Waals surface area contributed by atoms with Crippen LogP contribution in [0.4, 0.5) is 0 Å². The number of amidine groups is 1. The quantitative estimate of drug-likeness (QED) is 0.439. The molecular formula is C20H19N3O. The van der Waals surface area contributed by atoms with Crippen LogP contribution in [-0.4, -0.2) is 17.2 Å². The van der Waals surface area contributed by atoms with Crippen LogP contribution >= 0.6 is 0 Å². The summed E-state index contributed by atoms with van der Waals surface area (Å²) in [6.45, 7) is 1.63. The molecule has 3 aromatic carbocycles. The van der Waals surface area contributed by atoms with Gasteiger partial charge >= 0.3 is 0 Å². The third-order valence-corrected chi connectivity index (χ3v) is 3.98. The molecule has 0 spiro atoms. The van der Waals surface area contributed by atoms with Gasteiger partial charge in [-0.15, -0.1) is 5.10 Å². The first-order valence-corrected chi connectivity index (χ1v) is 7.71. The Balaban J connectivity index is 1.94. The van der Waals surface area contributed by atoms with E-state index in [0.29, 0.717) is 5.56 Å². The third-order valence-electron chi connectivity index (χ3n) is 3.98. The van der Waals surface area contributed by atoms with Gasteiger partial charge < -0.3 is 10.8 Å². The minimum Gasteiger partial charge on any atom is -0.383 e. The Labute approximate surface area is 141 Å². The van der Waals surface area contributed by atoms with Gasteiger partial charge in [0.05, 0.1) is 6.21 Å². The predicted molar refractivity (Wildman–Crippen MR) is 99.2 cm³/mol. The minimum atomic E-state index is -1.41. The molecule has 4 nitrogen and oxygen atoms in total. The van der Waals surface area contributed by atoms with Gasteiger partial charge in [-0.2, -0.15) is 5.10 Å². The molecule has 1 unspecified atom stereocenters. The van der Waals surface area contributed by atoms with E-state index in [1.807, 2.05) is 72.8 Å². The molecule has 0 saturated heterocycles. The van der Waals surface area contributed by atoms with E-state index in [1.54, 1.807) is 13.1 Å². The van der Waals surface area contributed by atoms with E-state index < -0.39 is 5.60 Å². The van der Waals surface area contributed by atoms with Crippen LogP contribution in [-0.2, 0) is 5.60 Å². The molecule has 120 valence electrons. The van der Waals surface area contributed by atoms with Gasteiger partial charge in [0.15, 0.2) is 5.84 Å². The van der Waals surface area contributed by atoms with Crippen molar-refractivity contribution in [3.63, 3.8) is 0 Å². The van der Waals surface area contributed by atoms with Crippen molar-refractivity contribution < 1.29 is 5.11 Å². The molecule has 0 heterocycles. The molecule has 0 aliphatic heterocycles. The summed E-state index contributed by atoms with van der Waals surface area (Å²) in [5, 5.41) is 20.9. The number of benzene rings is 3. The van der Waals surface area contributed by atoms with Gasteiger partial charge in [0, 0.05) is 0 Å². The first-order valence-electron chi connectivity index (χ1n) is 7.71. The zero-order chi connectivity index (χ0) is 17.0. The lowest BCUT2D eigenvalue weighted by Gasteiger charge is -2.24. The molecule has 0 radical (unpaired) electrons. The van der Waals surface area contributed by atoms with E-state index in [9.17, 15) is 5.11 Å². The van der Waals surface area contributed by atoms with Crippen LogP contribution in [0.2, 0.25) is 0 Å². The van der Waals surface area contributed by atoms with Crippen LogP contribution < -0.4 is 5.73 Å². The molecule has 4 heteroatoms. The summed E-state index contributed by atoms with van der Waals surface area (Å²) >= 11 is 0. The van der Waals surface area contributed by atoms with E-state index in [0.717, 1.165) is 16.3 Å². The monoisotopic (exact) mass is 317 g/mol. The predicted octanol–water partition coefficient (Wildman–Crippen LogP) is 3.44. The summed E-state index contributed by atoms with van der Waals surface area (Å²) in [6.07, 6.45) is 1.60. The average molecular weight is 317 g/mol. The second-order valence-electron chi connectivity index (χ2n) is 5.74. The van der Waals surface area contributed by atoms with Gasteiger partial charge in [-0.05, 0) is 28.8 Å². The summed E-state index contributed by atoms with van der Waals surface area (Å²) < 4.78 is 0. The number of rotatable bonds is 4. The molecule has 3 N–H and O–H groups in total. The molecule has 0 fully saturated rings. The zero-order valence-electron chi connectivity index (χ0n) is 13.4. The van der Waals surface area contributed by atoms with Gasteiger partial charge in [-0.3, -0.25) is 0 Å². The molecule has 0 aliphatic carbocycles. The Morgan fingerprint density at radius 1 is 0.958 bits per heavy atom. The maximum absolute atomic E-state index is 10.9. The number of hydrogen-bond acceptors (Lipinski definition) is 3. The highest BCUT2D eigenvalue weighted by Gasteiger charge is 2.29. The fourth-order valence-corrected chi connectivity index (χ4v) is 2.58. The number of hydrogen-bond donors (Lipinski definition) is 2. The fourth-order valence-electron chi connectivity index (χ4n) is 2.58. The topological polar surface area (TPSA) is 71.0 Å². The largest absolute Gasteiger partial charge is 0.383 e. The molecule has 0 amide bonds. The molecule has 0 aromatic heterocycles. The van der Waals surface area contributed by atoms with Crippen molar-refractivity contribution in [2.24, 2.45) is 15.9 Å². The Morgan fingerprint density at radius 2 is 1.62 bits per heavy atom. The number of nitrogens with two attached hydrogens (primary N) is 1. The molecule has 0 bridgehead atoms. The Morgan fingerprint density at radius 3 is 2.42 bits per heavy atom. The average Bonchev–Trinajstić information content (AvgIpc) is 2.62. The normalized spacial score (nSPS) is 14.8. The van der Waals surface area contributed by atoms with Gasteiger partial charge in [0.1, 0.15) is 5.60 Å². The summed E-state index contributed by atoms with van der Waals surface area (Å²) in [5.41, 5.74) is 6.24. The van der Waals surface area contributed by atoms with Crippen molar-refractivity contribution in [2.75, 3.05) is 0 Å². The van der Waals surface area contributed by atoms with E-state index in [-0.39, 0.29) is 5.84 Å². The first-order chi connectivity index (χ1) is 11.6. The molecule has 0 aliphatic rings. The minimum absolute atomic E-state index is 0.0473. The summed E-state index contributed by atoms with van der Waals surface area (Å²) in [6, 6.07) is 23.2. The third kappa shape index (κ3) is 3.19. The lowest BCUT2D eigenvalue weighted by molar-refractivity contribution is 0.133. The van der Waals surface area contributed by atoms with Crippen molar-refractivity contribution in [3.8, 4) is 0 Å². The highest BCUT2D eigenvalue weighted by atomic mass is 16.3. The number of nitrogens with zero attached hydrogens (tertiary/aromatic N) is 2. The standard InChI is InChI=1S/C20H19N3O/c1-20(24,18-13-7-11-16-10-5-6-12-17(16)18)19(21)23-22-14-15-8-3-2-4-9-15/h2-14,24H,1H3,(H2,21,23)/b22-14+. The van der Waals surface area contributed by atoms with Gasteiger partial charge in [-0.25, -0.2) is 0 Å². The Kier molecular flexibility index (Phi) is 4.40. The van der Waals surface area contributed by atoms with Crippen LogP contribution in [0.25, 0.3) is 10.8 Å². The van der Waals surface area contributed by atoms with Gasteiger partial charge in [0.2, 0.25) is 0 Å². The van der Waals surface area contributed by atoms with Crippen LogP contribution in [0.5, 0.6) is 0 Å². The van der Waals surface area contributed by atoms with Gasteiger partial charge in [-0.1, -0.05) is 72.8 Å². The fraction of sp³-hybridized carbons (Fsp3) is 0.100. The molecular weight excluding hydrogens is 298 g/mol. The van der Waals surface area contributed by atoms with Crippen molar-refractivity contribution in [3.05, 3.63) is 83.9 Å². The van der Waals surface area contributed by atoms with Crippen LogP contribution in [0, 0.1) is 0 Å². The van der Waals surface area contributed by atoms with Crippen LogP contribution in [0.3, 0.4) is 0 Å². The highest BCUT2D eigenvalue weighted by molar-refractivity contribution is 5.96. The second-order valence-corrected chi connectivity index (χ2v) is 5.74. The van der Waals surface area contributed by atoms with E-state index >= 15 is 0 Å². The molecule has 3 aromatic rings. The lowest BCUT2D eigenvalue weighted by Crippen LogP contribution is -2.38. The maximum atomic E-state index is 10.9. The second kappa shape index (κ2) is 6.64. The molecule has 1 atom stereocenters. The maximum Gasteiger partial charge on any atom is 0.158 e. The highest BCUT2D eigenvalue weighted by Crippen LogP contribution is 2.28. The van der Waals surface area contributed by atoms with Crippen LogP contribution in [0.1, 0.15) is 18.1 Å². The molecule has 3 rings (SSSR count).